The van der Waals surface area contributed by atoms with Gasteiger partial charge < -0.3 is 19.6 Å². The van der Waals surface area contributed by atoms with Gasteiger partial charge in [0.05, 0.1) is 6.61 Å². The van der Waals surface area contributed by atoms with Crippen LogP contribution in [0.3, 0.4) is 0 Å². The number of aryl methyl sites for hydroxylation is 2. The number of aromatic nitrogens is 4. The quantitative estimate of drug-likeness (QED) is 0.178. The number of nitrogens with zero attached hydrogens (tertiary/aromatic N) is 6. The van der Waals surface area contributed by atoms with E-state index in [-0.39, 0.29) is 36.6 Å². The molecule has 60 heavy (non-hydrogen) atoms. The second-order valence-electron chi connectivity index (χ2n) is 18.3. The highest BCUT2D eigenvalue weighted by atomic mass is 16.5. The van der Waals surface area contributed by atoms with Crippen molar-refractivity contribution in [3.63, 3.8) is 0 Å². The molecule has 4 fully saturated rings. The summed E-state index contributed by atoms with van der Waals surface area (Å²) >= 11 is 0. The number of piperidine rings is 2. The molecule has 12 heteroatoms. The third kappa shape index (κ3) is 7.44. The summed E-state index contributed by atoms with van der Waals surface area (Å²) in [4.78, 5) is 53.9. The number of carboxylic acid groups (broad SMARTS) is 1. The van der Waals surface area contributed by atoms with Crippen LogP contribution in [-0.2, 0) is 40.3 Å². The van der Waals surface area contributed by atoms with Gasteiger partial charge in [0.2, 0.25) is 11.8 Å². The van der Waals surface area contributed by atoms with Gasteiger partial charge in [0.25, 0.3) is 0 Å². The average molecular weight is 815 g/mol. The van der Waals surface area contributed by atoms with Gasteiger partial charge in [-0.05, 0) is 155 Å². The minimum absolute atomic E-state index is 0.0484. The zero-order chi connectivity index (χ0) is 42.0. The number of amides is 2. The van der Waals surface area contributed by atoms with Crippen LogP contribution >= 0.6 is 0 Å². The highest BCUT2D eigenvalue weighted by Crippen LogP contribution is 2.58. The average Bonchev–Trinajstić information content (AvgIpc) is 3.99. The maximum absolute atomic E-state index is 13.1. The number of hydrogen-bond acceptors (Lipinski definition) is 7. The number of ether oxygens (including phenoxy) is 1. The van der Waals surface area contributed by atoms with Gasteiger partial charge in [-0.3, -0.25) is 19.0 Å². The monoisotopic (exact) mass is 814 g/mol. The van der Waals surface area contributed by atoms with E-state index in [9.17, 15) is 24.3 Å². The Kier molecular flexibility index (Phi) is 10.7. The number of hydrogen-bond donors (Lipinski definition) is 1. The first-order valence-electron chi connectivity index (χ1n) is 22.2. The largest absolute Gasteiger partial charge is 0.476 e. The molecule has 0 spiro atoms. The zero-order valence-corrected chi connectivity index (χ0v) is 35.7. The Balaban J connectivity index is 0.000000154. The maximum atomic E-state index is 13.1. The second kappa shape index (κ2) is 16.0. The normalized spacial score (nSPS) is 22.6. The maximum Gasteiger partial charge on any atom is 0.359 e. The fourth-order valence-corrected chi connectivity index (χ4v) is 10.9. The summed E-state index contributed by atoms with van der Waals surface area (Å²) in [7, 11) is 0. The molecule has 1 N–H and O–H groups in total. The Bertz CT molecular complexity index is 2360. The third-order valence-corrected chi connectivity index (χ3v) is 14.8. The van der Waals surface area contributed by atoms with Crippen LogP contribution in [0.15, 0.2) is 36.4 Å². The molecule has 6 aliphatic rings. The highest BCUT2D eigenvalue weighted by molar-refractivity contribution is 5.90. The van der Waals surface area contributed by atoms with Crippen LogP contribution in [0.2, 0.25) is 0 Å². The SMILES string of the molecule is CCOC(=O)c1nn(CC(=O)N2CCC(c3cccc(C)c3C)CC2)c2c1[C@@H]1C[C@@H]1C2.Cc1cccc(C2CCN(C(=O)Cn3nc(C(=O)O)c4c3C[C@H]3C[C@@H]43)CC2)c1C. The molecule has 2 amide bonds. The molecule has 2 aliphatic heterocycles. The fourth-order valence-electron chi connectivity index (χ4n) is 10.9. The van der Waals surface area contributed by atoms with E-state index in [1.54, 1.807) is 16.3 Å². The van der Waals surface area contributed by atoms with Crippen molar-refractivity contribution in [1.82, 2.24) is 29.4 Å². The van der Waals surface area contributed by atoms with E-state index in [2.05, 4.69) is 74.3 Å². The Hall–Kier alpha value is -5.26. The molecular weight excluding hydrogens is 757 g/mol. The molecule has 0 unspecified atom stereocenters. The lowest BCUT2D eigenvalue weighted by molar-refractivity contribution is -0.134. The van der Waals surface area contributed by atoms with E-state index in [1.165, 1.54) is 33.4 Å². The summed E-state index contributed by atoms with van der Waals surface area (Å²) in [6.45, 7) is 14.3. The molecule has 316 valence electrons. The van der Waals surface area contributed by atoms with Crippen molar-refractivity contribution >= 4 is 23.8 Å². The number of benzene rings is 2. The number of rotatable bonds is 9. The van der Waals surface area contributed by atoms with Crippen LogP contribution in [0.25, 0.3) is 0 Å². The number of carbonyl (C=O) groups is 4. The minimum atomic E-state index is -0.977. The van der Waals surface area contributed by atoms with Crippen LogP contribution in [-0.4, -0.2) is 91.0 Å². The molecule has 4 aromatic rings. The standard InChI is InChI=1S/C25H31N3O3.C23H27N3O3/c1-4-31-25(30)24-23-20-12-18(20)13-21(23)28(26-24)14-22(29)27-10-8-17(9-11-27)19-7-5-6-15(2)16(19)3;1-13-4-3-5-17(14(13)2)15-6-8-25(9-7-15)20(27)12-26-19-11-16-10-18(16)21(19)22(24-26)23(28)29/h5-7,17-18,20H,4,8-14H2,1-3H3;3-5,15-16,18H,6-12H2,1-2H3,(H,28,29)/t18-,20-;16-,18-/m11/s1. The molecule has 10 rings (SSSR count). The van der Waals surface area contributed by atoms with E-state index in [1.807, 2.05) is 9.80 Å². The Labute approximate surface area is 352 Å². The predicted octanol–water partition coefficient (Wildman–Crippen LogP) is 7.01. The first kappa shape index (κ1) is 40.2. The molecule has 12 nitrogen and oxygen atoms in total. The van der Waals surface area contributed by atoms with E-state index < -0.39 is 5.97 Å². The van der Waals surface area contributed by atoms with Gasteiger partial charge in [-0.15, -0.1) is 0 Å². The fraction of sp³-hybridized carbons (Fsp3) is 0.542. The molecular formula is C48H58N6O6. The lowest BCUT2D eigenvalue weighted by Crippen LogP contribution is -2.40. The lowest BCUT2D eigenvalue weighted by atomic mass is 9.85. The number of esters is 1. The third-order valence-electron chi connectivity index (χ3n) is 14.8. The molecule has 4 heterocycles. The minimum Gasteiger partial charge on any atom is -0.476 e. The highest BCUT2D eigenvalue weighted by Gasteiger charge is 2.51. The van der Waals surface area contributed by atoms with Crippen LogP contribution in [0, 0.1) is 39.5 Å². The summed E-state index contributed by atoms with van der Waals surface area (Å²) in [6, 6.07) is 13.0. The molecule has 0 radical (unpaired) electrons. The molecule has 4 aliphatic carbocycles. The topological polar surface area (TPSA) is 140 Å². The summed E-state index contributed by atoms with van der Waals surface area (Å²) < 4.78 is 8.67. The van der Waals surface area contributed by atoms with E-state index in [4.69, 9.17) is 4.74 Å². The van der Waals surface area contributed by atoms with Gasteiger partial charge in [-0.25, -0.2) is 9.59 Å². The van der Waals surface area contributed by atoms with Crippen molar-refractivity contribution < 1.29 is 29.0 Å². The lowest BCUT2D eigenvalue weighted by Gasteiger charge is -2.33. The number of fused-ring (bicyclic) bond motifs is 6. The molecule has 2 aromatic heterocycles. The van der Waals surface area contributed by atoms with E-state index >= 15 is 0 Å². The van der Waals surface area contributed by atoms with Crippen LogP contribution in [0.4, 0.5) is 0 Å². The van der Waals surface area contributed by atoms with Crippen LogP contribution < -0.4 is 0 Å². The smallest absolute Gasteiger partial charge is 0.359 e. The van der Waals surface area contributed by atoms with Crippen LogP contribution in [0.5, 0.6) is 0 Å². The first-order chi connectivity index (χ1) is 28.9. The van der Waals surface area contributed by atoms with E-state index in [0.29, 0.717) is 47.8 Å². The van der Waals surface area contributed by atoms with Gasteiger partial charge in [0, 0.05) is 48.7 Å². The van der Waals surface area contributed by atoms with Gasteiger partial charge in [-0.1, -0.05) is 36.4 Å². The van der Waals surface area contributed by atoms with Crippen LogP contribution in [0.1, 0.15) is 146 Å². The van der Waals surface area contributed by atoms with Gasteiger partial charge >= 0.3 is 11.9 Å². The van der Waals surface area contributed by atoms with Crippen molar-refractivity contribution in [1.29, 1.82) is 0 Å². The summed E-state index contributed by atoms with van der Waals surface area (Å²) in [6.07, 6.45) is 7.91. The van der Waals surface area contributed by atoms with Gasteiger partial charge in [0.15, 0.2) is 11.4 Å². The zero-order valence-electron chi connectivity index (χ0n) is 35.7. The summed E-state index contributed by atoms with van der Waals surface area (Å²) in [5.41, 5.74) is 12.8. The molecule has 2 aromatic carbocycles. The number of likely N-dealkylation sites (tertiary alicyclic amines) is 2. The number of carboxylic acids is 1. The van der Waals surface area contributed by atoms with Gasteiger partial charge in [-0.2, -0.15) is 10.2 Å². The molecule has 2 saturated carbocycles. The predicted molar refractivity (Wildman–Crippen MR) is 225 cm³/mol. The van der Waals surface area contributed by atoms with Crippen molar-refractivity contribution in [2.75, 3.05) is 32.8 Å². The van der Waals surface area contributed by atoms with Crippen molar-refractivity contribution in [3.8, 4) is 0 Å². The summed E-state index contributed by atoms with van der Waals surface area (Å²) in [5.74, 6) is 1.81. The Morgan fingerprint density at radius 2 is 1.10 bits per heavy atom. The Morgan fingerprint density at radius 3 is 1.53 bits per heavy atom. The molecule has 4 atom stereocenters. The number of carbonyl (C=O) groups excluding carboxylic acids is 3. The molecule has 0 bridgehead atoms. The second-order valence-corrected chi connectivity index (χ2v) is 18.3. The van der Waals surface area contributed by atoms with Crippen molar-refractivity contribution in [3.05, 3.63) is 104 Å². The van der Waals surface area contributed by atoms with Gasteiger partial charge in [0.1, 0.15) is 13.1 Å². The van der Waals surface area contributed by atoms with Crippen molar-refractivity contribution in [2.45, 2.75) is 123 Å². The summed E-state index contributed by atoms with van der Waals surface area (Å²) in [5, 5.41) is 18.3. The van der Waals surface area contributed by atoms with E-state index in [0.717, 1.165) is 100 Å². The van der Waals surface area contributed by atoms with Crippen molar-refractivity contribution in [2.24, 2.45) is 11.8 Å². The number of aromatic carboxylic acids is 1. The first-order valence-corrected chi connectivity index (χ1v) is 22.2. The Morgan fingerprint density at radius 1 is 0.667 bits per heavy atom. The molecule has 2 saturated heterocycles.